The molecule has 0 saturated heterocycles. The van der Waals surface area contributed by atoms with Crippen molar-refractivity contribution in [1.82, 2.24) is 19.8 Å². The number of carbonyl (C=O) groups excluding carboxylic acids is 1. The van der Waals surface area contributed by atoms with E-state index in [0.29, 0.717) is 6.54 Å². The van der Waals surface area contributed by atoms with Gasteiger partial charge in [0.25, 0.3) is 10.0 Å². The zero-order valence-corrected chi connectivity index (χ0v) is 13.0. The Kier molecular flexibility index (Phi) is 5.10. The molecule has 2 rings (SSSR count). The molecule has 0 aliphatic heterocycles. The molecule has 0 radical (unpaired) electrons. The second-order valence-corrected chi connectivity index (χ2v) is 7.39. The minimum atomic E-state index is -3.61. The molecular weight excluding hydrogens is 312 g/mol. The lowest BCUT2D eigenvalue weighted by molar-refractivity contribution is -0.120. The third kappa shape index (κ3) is 4.66. The highest BCUT2D eigenvalue weighted by atomic mass is 32.2. The molecule has 0 aliphatic rings. The van der Waals surface area contributed by atoms with Crippen molar-refractivity contribution in [2.24, 2.45) is 0 Å². The van der Waals surface area contributed by atoms with E-state index >= 15 is 0 Å². The Hall–Kier alpha value is -1.71. The number of rotatable bonds is 7. The van der Waals surface area contributed by atoms with Gasteiger partial charge >= 0.3 is 0 Å². The normalized spacial score (nSPS) is 13.0. The minimum Gasteiger partial charge on any atom is -0.351 e. The molecule has 21 heavy (non-hydrogen) atoms. The van der Waals surface area contributed by atoms with E-state index in [1.54, 1.807) is 34.6 Å². The summed E-state index contributed by atoms with van der Waals surface area (Å²) in [6.45, 7) is 2.06. The van der Waals surface area contributed by atoms with Crippen LogP contribution in [0.3, 0.4) is 0 Å². The summed E-state index contributed by atoms with van der Waals surface area (Å²) in [7, 11) is -3.61. The molecular formula is C12H16N4O3S2. The van der Waals surface area contributed by atoms with Gasteiger partial charge in [-0.1, -0.05) is 6.07 Å². The van der Waals surface area contributed by atoms with E-state index in [0.717, 1.165) is 11.3 Å². The van der Waals surface area contributed by atoms with Crippen molar-refractivity contribution in [3.8, 4) is 0 Å². The quantitative estimate of drug-likeness (QED) is 0.771. The van der Waals surface area contributed by atoms with Crippen molar-refractivity contribution in [1.29, 1.82) is 0 Å². The number of carbonyl (C=O) groups is 1. The number of sulfonamides is 1. The van der Waals surface area contributed by atoms with Gasteiger partial charge in [-0.3, -0.25) is 9.48 Å². The van der Waals surface area contributed by atoms with Crippen LogP contribution in [0.2, 0.25) is 0 Å². The number of aromatic nitrogens is 2. The van der Waals surface area contributed by atoms with Gasteiger partial charge in [0.15, 0.2) is 0 Å². The number of hydrogen-bond donors (Lipinski definition) is 2. The van der Waals surface area contributed by atoms with E-state index in [9.17, 15) is 13.2 Å². The van der Waals surface area contributed by atoms with Crippen LogP contribution in [0.1, 0.15) is 6.92 Å². The molecule has 0 saturated carbocycles. The molecule has 2 heterocycles. The van der Waals surface area contributed by atoms with E-state index in [1.807, 2.05) is 6.92 Å². The Morgan fingerprint density at radius 1 is 1.48 bits per heavy atom. The molecule has 114 valence electrons. The molecule has 0 spiro atoms. The van der Waals surface area contributed by atoms with Gasteiger partial charge < -0.3 is 5.32 Å². The highest BCUT2D eigenvalue weighted by molar-refractivity contribution is 7.91. The van der Waals surface area contributed by atoms with Gasteiger partial charge in [0.2, 0.25) is 5.91 Å². The van der Waals surface area contributed by atoms with E-state index in [4.69, 9.17) is 0 Å². The van der Waals surface area contributed by atoms with Gasteiger partial charge in [0.05, 0.1) is 13.1 Å². The molecule has 0 bridgehead atoms. The smallest absolute Gasteiger partial charge is 0.250 e. The van der Waals surface area contributed by atoms with Crippen molar-refractivity contribution in [2.45, 2.75) is 23.7 Å². The van der Waals surface area contributed by atoms with Gasteiger partial charge in [0.1, 0.15) is 4.21 Å². The Morgan fingerprint density at radius 2 is 2.29 bits per heavy atom. The summed E-state index contributed by atoms with van der Waals surface area (Å²) < 4.78 is 27.9. The third-order valence-corrected chi connectivity index (χ3v) is 5.41. The Bertz CT molecular complexity index is 665. The maximum Gasteiger partial charge on any atom is 0.250 e. The number of amides is 1. The summed E-state index contributed by atoms with van der Waals surface area (Å²) in [6, 6.07) is 4.78. The Balaban J connectivity index is 1.79. The van der Waals surface area contributed by atoms with Gasteiger partial charge in [-0.05, 0) is 24.4 Å². The molecule has 0 aromatic carbocycles. The van der Waals surface area contributed by atoms with Crippen LogP contribution in [0.25, 0.3) is 0 Å². The van der Waals surface area contributed by atoms with Crippen molar-refractivity contribution in [3.05, 3.63) is 36.0 Å². The number of thiophene rings is 1. The topological polar surface area (TPSA) is 93.1 Å². The van der Waals surface area contributed by atoms with Crippen LogP contribution in [0, 0.1) is 0 Å². The van der Waals surface area contributed by atoms with Crippen molar-refractivity contribution < 1.29 is 13.2 Å². The van der Waals surface area contributed by atoms with Crippen LogP contribution < -0.4 is 10.0 Å². The first-order valence-electron chi connectivity index (χ1n) is 6.27. The minimum absolute atomic E-state index is 0.149. The van der Waals surface area contributed by atoms with Crippen molar-refractivity contribution in [3.63, 3.8) is 0 Å². The van der Waals surface area contributed by atoms with Crippen LogP contribution in [-0.4, -0.2) is 36.7 Å². The second kappa shape index (κ2) is 6.83. The Labute approximate surface area is 127 Å². The van der Waals surface area contributed by atoms with Crippen LogP contribution in [0.5, 0.6) is 0 Å². The van der Waals surface area contributed by atoms with Crippen LogP contribution in [0.4, 0.5) is 0 Å². The first kappa shape index (κ1) is 15.7. The SMILES string of the molecule is C[C@H](Cn1cccn1)NC(=O)CNS(=O)(=O)c1cccs1. The number of hydrogen-bond acceptors (Lipinski definition) is 5. The number of nitrogens with zero attached hydrogens (tertiary/aromatic N) is 2. The molecule has 2 aromatic heterocycles. The summed E-state index contributed by atoms with van der Waals surface area (Å²) in [6.07, 6.45) is 3.45. The fourth-order valence-electron chi connectivity index (χ4n) is 1.71. The molecule has 0 aliphatic carbocycles. The zero-order chi connectivity index (χ0) is 15.3. The molecule has 0 unspecified atom stereocenters. The predicted octanol–water partition coefficient (Wildman–Crippen LogP) is 0.428. The zero-order valence-electron chi connectivity index (χ0n) is 11.4. The molecule has 9 heteroatoms. The third-order valence-electron chi connectivity index (χ3n) is 2.61. The summed E-state index contributed by atoms with van der Waals surface area (Å²) in [4.78, 5) is 11.7. The van der Waals surface area contributed by atoms with Gasteiger partial charge in [-0.2, -0.15) is 5.10 Å². The maximum absolute atomic E-state index is 11.8. The molecule has 1 amide bonds. The number of nitrogens with one attached hydrogen (secondary N) is 2. The first-order chi connectivity index (χ1) is 9.97. The monoisotopic (exact) mass is 328 g/mol. The molecule has 2 aromatic rings. The van der Waals surface area contributed by atoms with E-state index in [2.05, 4.69) is 15.1 Å². The average Bonchev–Trinajstić information content (AvgIpc) is 3.09. The highest BCUT2D eigenvalue weighted by Gasteiger charge is 2.17. The summed E-state index contributed by atoms with van der Waals surface area (Å²) >= 11 is 1.10. The molecule has 2 N–H and O–H groups in total. The summed E-state index contributed by atoms with van der Waals surface area (Å²) in [5.41, 5.74) is 0. The lowest BCUT2D eigenvalue weighted by Crippen LogP contribution is -2.42. The van der Waals surface area contributed by atoms with Gasteiger partial charge in [0, 0.05) is 18.4 Å². The molecule has 1 atom stereocenters. The van der Waals surface area contributed by atoms with E-state index in [-0.39, 0.29) is 22.7 Å². The Morgan fingerprint density at radius 3 is 2.90 bits per heavy atom. The predicted molar refractivity (Wildman–Crippen MR) is 79.3 cm³/mol. The maximum atomic E-state index is 11.8. The molecule has 0 fully saturated rings. The molecule has 7 nitrogen and oxygen atoms in total. The summed E-state index contributed by atoms with van der Waals surface area (Å²) in [5.74, 6) is -0.380. The fourth-order valence-corrected chi connectivity index (χ4v) is 3.73. The highest BCUT2D eigenvalue weighted by Crippen LogP contribution is 2.14. The van der Waals surface area contributed by atoms with Crippen LogP contribution >= 0.6 is 11.3 Å². The lowest BCUT2D eigenvalue weighted by atomic mass is 10.3. The standard InChI is InChI=1S/C12H16N4O3S2/c1-10(9-16-6-3-5-13-16)15-11(17)8-14-21(18,19)12-4-2-7-20-12/h2-7,10,14H,8-9H2,1H3,(H,15,17)/t10-/m1/s1. The first-order valence-corrected chi connectivity index (χ1v) is 8.63. The van der Waals surface area contributed by atoms with E-state index in [1.165, 1.54) is 6.07 Å². The fraction of sp³-hybridized carbons (Fsp3) is 0.333. The van der Waals surface area contributed by atoms with Crippen molar-refractivity contribution >= 4 is 27.3 Å². The van der Waals surface area contributed by atoms with Gasteiger partial charge in [-0.15, -0.1) is 11.3 Å². The lowest BCUT2D eigenvalue weighted by Gasteiger charge is -2.14. The van der Waals surface area contributed by atoms with E-state index < -0.39 is 10.0 Å². The summed E-state index contributed by atoms with van der Waals surface area (Å²) in [5, 5.41) is 8.42. The van der Waals surface area contributed by atoms with Gasteiger partial charge in [-0.25, -0.2) is 13.1 Å². The average molecular weight is 328 g/mol. The van der Waals surface area contributed by atoms with Crippen molar-refractivity contribution in [2.75, 3.05) is 6.54 Å². The van der Waals surface area contributed by atoms with Crippen LogP contribution in [0.15, 0.2) is 40.2 Å². The largest absolute Gasteiger partial charge is 0.351 e. The van der Waals surface area contributed by atoms with Crippen LogP contribution in [-0.2, 0) is 21.4 Å². The second-order valence-electron chi connectivity index (χ2n) is 4.45.